The Bertz CT molecular complexity index is 249. The van der Waals surface area contributed by atoms with Gasteiger partial charge in [-0.15, -0.1) is 0 Å². The van der Waals surface area contributed by atoms with Crippen LogP contribution in [0.3, 0.4) is 0 Å². The second-order valence-corrected chi connectivity index (χ2v) is 5.70. The van der Waals surface area contributed by atoms with Gasteiger partial charge < -0.3 is 15.5 Å². The summed E-state index contributed by atoms with van der Waals surface area (Å²) in [6, 6.07) is 0.474. The van der Waals surface area contributed by atoms with E-state index in [1.807, 2.05) is 6.92 Å². The van der Waals surface area contributed by atoms with Crippen LogP contribution in [0.15, 0.2) is 0 Å². The highest BCUT2D eigenvalue weighted by atomic mass is 16.2. The predicted molar refractivity (Wildman–Crippen MR) is 75.4 cm³/mol. The van der Waals surface area contributed by atoms with E-state index in [-0.39, 0.29) is 11.9 Å². The molecule has 0 aromatic carbocycles. The summed E-state index contributed by atoms with van der Waals surface area (Å²) < 4.78 is 0. The van der Waals surface area contributed by atoms with Crippen LogP contribution in [0.2, 0.25) is 0 Å². The van der Waals surface area contributed by atoms with Gasteiger partial charge in [-0.25, -0.2) is 0 Å². The Morgan fingerprint density at radius 3 is 2.39 bits per heavy atom. The molecule has 4 nitrogen and oxygen atoms in total. The third-order valence-corrected chi connectivity index (χ3v) is 3.84. The van der Waals surface area contributed by atoms with E-state index in [1.54, 1.807) is 0 Å². The average molecular weight is 255 g/mol. The van der Waals surface area contributed by atoms with E-state index in [9.17, 15) is 4.79 Å². The zero-order chi connectivity index (χ0) is 13.5. The first-order valence-electron chi connectivity index (χ1n) is 7.24. The van der Waals surface area contributed by atoms with Crippen molar-refractivity contribution in [2.24, 2.45) is 5.73 Å². The lowest BCUT2D eigenvalue weighted by Crippen LogP contribution is -2.44. The van der Waals surface area contributed by atoms with Crippen LogP contribution in [0.5, 0.6) is 0 Å². The Labute approximate surface area is 111 Å². The van der Waals surface area contributed by atoms with E-state index in [1.165, 1.54) is 25.7 Å². The monoisotopic (exact) mass is 255 g/mol. The number of rotatable bonds is 7. The average Bonchev–Trinajstić information content (AvgIpc) is 2.82. The third kappa shape index (κ3) is 4.94. The van der Waals surface area contributed by atoms with Crippen molar-refractivity contribution in [3.05, 3.63) is 0 Å². The summed E-state index contributed by atoms with van der Waals surface area (Å²) in [5, 5.41) is 0. The first kappa shape index (κ1) is 15.4. The SMILES string of the molecule is CCC(N)CC(=O)N(CCN(C)C)C1CCCC1. The van der Waals surface area contributed by atoms with Crippen molar-refractivity contribution in [2.75, 3.05) is 27.2 Å². The number of carbonyl (C=O) groups is 1. The molecule has 0 saturated heterocycles. The van der Waals surface area contributed by atoms with Gasteiger partial charge in [0.15, 0.2) is 0 Å². The fraction of sp³-hybridized carbons (Fsp3) is 0.929. The van der Waals surface area contributed by atoms with Gasteiger partial charge in [0.05, 0.1) is 0 Å². The molecular formula is C14H29N3O. The van der Waals surface area contributed by atoms with Gasteiger partial charge in [0.2, 0.25) is 5.91 Å². The number of hydrogen-bond acceptors (Lipinski definition) is 3. The van der Waals surface area contributed by atoms with Crippen LogP contribution < -0.4 is 5.73 Å². The molecule has 1 saturated carbocycles. The minimum Gasteiger partial charge on any atom is -0.338 e. The summed E-state index contributed by atoms with van der Waals surface area (Å²) in [6.07, 6.45) is 6.23. The van der Waals surface area contributed by atoms with Gasteiger partial charge >= 0.3 is 0 Å². The molecule has 2 N–H and O–H groups in total. The van der Waals surface area contributed by atoms with E-state index in [4.69, 9.17) is 5.73 Å². The summed E-state index contributed by atoms with van der Waals surface area (Å²) in [5.74, 6) is 0.248. The van der Waals surface area contributed by atoms with E-state index < -0.39 is 0 Å². The first-order chi connectivity index (χ1) is 8.54. The minimum absolute atomic E-state index is 0.0146. The number of hydrogen-bond donors (Lipinski definition) is 1. The maximum Gasteiger partial charge on any atom is 0.224 e. The molecule has 106 valence electrons. The second-order valence-electron chi connectivity index (χ2n) is 5.70. The Balaban J connectivity index is 2.54. The van der Waals surface area contributed by atoms with Crippen molar-refractivity contribution >= 4 is 5.91 Å². The fourth-order valence-corrected chi connectivity index (χ4v) is 2.52. The normalized spacial score (nSPS) is 18.3. The number of amides is 1. The summed E-state index contributed by atoms with van der Waals surface area (Å²) in [7, 11) is 4.10. The highest BCUT2D eigenvalue weighted by Gasteiger charge is 2.26. The van der Waals surface area contributed by atoms with Crippen molar-refractivity contribution in [2.45, 2.75) is 57.5 Å². The van der Waals surface area contributed by atoms with E-state index in [0.717, 1.165) is 19.5 Å². The summed E-state index contributed by atoms with van der Waals surface area (Å²) in [6.45, 7) is 3.81. The molecule has 0 spiro atoms. The Morgan fingerprint density at radius 1 is 1.28 bits per heavy atom. The summed E-state index contributed by atoms with van der Waals surface area (Å²) >= 11 is 0. The maximum atomic E-state index is 12.3. The molecule has 0 aliphatic heterocycles. The highest BCUT2D eigenvalue weighted by Crippen LogP contribution is 2.24. The lowest BCUT2D eigenvalue weighted by Gasteiger charge is -2.31. The van der Waals surface area contributed by atoms with Crippen molar-refractivity contribution < 1.29 is 4.79 Å². The predicted octanol–water partition coefficient (Wildman–Crippen LogP) is 1.45. The van der Waals surface area contributed by atoms with Gasteiger partial charge in [-0.05, 0) is 33.4 Å². The maximum absolute atomic E-state index is 12.3. The van der Waals surface area contributed by atoms with E-state index >= 15 is 0 Å². The molecular weight excluding hydrogens is 226 g/mol. The zero-order valence-electron chi connectivity index (χ0n) is 12.2. The number of likely N-dealkylation sites (N-methyl/N-ethyl adjacent to an activating group) is 1. The molecule has 4 heteroatoms. The van der Waals surface area contributed by atoms with Crippen LogP contribution >= 0.6 is 0 Å². The van der Waals surface area contributed by atoms with Crippen LogP contribution in [0, 0.1) is 0 Å². The largest absolute Gasteiger partial charge is 0.338 e. The van der Waals surface area contributed by atoms with Gasteiger partial charge in [-0.3, -0.25) is 4.79 Å². The number of nitrogens with two attached hydrogens (primary N) is 1. The smallest absolute Gasteiger partial charge is 0.224 e. The Hall–Kier alpha value is -0.610. The van der Waals surface area contributed by atoms with Gasteiger partial charge in [0, 0.05) is 31.6 Å². The zero-order valence-corrected chi connectivity index (χ0v) is 12.2. The topological polar surface area (TPSA) is 49.6 Å². The van der Waals surface area contributed by atoms with Crippen molar-refractivity contribution in [3.63, 3.8) is 0 Å². The number of nitrogens with zero attached hydrogens (tertiary/aromatic N) is 2. The molecule has 0 aromatic rings. The fourth-order valence-electron chi connectivity index (χ4n) is 2.52. The molecule has 1 unspecified atom stereocenters. The summed E-state index contributed by atoms with van der Waals surface area (Å²) in [4.78, 5) is 16.6. The number of carbonyl (C=O) groups excluding carboxylic acids is 1. The first-order valence-corrected chi connectivity index (χ1v) is 7.24. The van der Waals surface area contributed by atoms with Crippen LogP contribution in [0.4, 0.5) is 0 Å². The van der Waals surface area contributed by atoms with Crippen LogP contribution in [-0.2, 0) is 4.79 Å². The van der Waals surface area contributed by atoms with Crippen molar-refractivity contribution in [1.29, 1.82) is 0 Å². The van der Waals surface area contributed by atoms with Crippen LogP contribution in [-0.4, -0.2) is 55.0 Å². The van der Waals surface area contributed by atoms with Crippen molar-refractivity contribution in [3.8, 4) is 0 Å². The lowest BCUT2D eigenvalue weighted by molar-refractivity contribution is -0.134. The minimum atomic E-state index is 0.0146. The molecule has 0 aromatic heterocycles. The van der Waals surface area contributed by atoms with Gasteiger partial charge in [-0.2, -0.15) is 0 Å². The van der Waals surface area contributed by atoms with Gasteiger partial charge in [0.1, 0.15) is 0 Å². The Morgan fingerprint density at radius 2 is 1.89 bits per heavy atom. The molecule has 18 heavy (non-hydrogen) atoms. The summed E-state index contributed by atoms with van der Waals surface area (Å²) in [5.41, 5.74) is 5.91. The molecule has 1 aliphatic rings. The van der Waals surface area contributed by atoms with Gasteiger partial charge in [-0.1, -0.05) is 19.8 Å². The quantitative estimate of drug-likeness (QED) is 0.749. The molecule has 1 aliphatic carbocycles. The van der Waals surface area contributed by atoms with Crippen molar-refractivity contribution in [1.82, 2.24) is 9.80 Å². The van der Waals surface area contributed by atoms with E-state index in [2.05, 4.69) is 23.9 Å². The molecule has 1 fully saturated rings. The molecule has 0 heterocycles. The van der Waals surface area contributed by atoms with Gasteiger partial charge in [0.25, 0.3) is 0 Å². The lowest BCUT2D eigenvalue weighted by atomic mass is 10.1. The molecule has 1 atom stereocenters. The molecule has 1 rings (SSSR count). The second kappa shape index (κ2) is 7.74. The third-order valence-electron chi connectivity index (χ3n) is 3.84. The van der Waals surface area contributed by atoms with E-state index in [0.29, 0.717) is 12.5 Å². The Kier molecular flexibility index (Phi) is 6.65. The molecule has 1 amide bonds. The standard InChI is InChI=1S/C14H29N3O/c1-4-12(15)11-14(18)17(10-9-16(2)3)13-7-5-6-8-13/h12-13H,4-11,15H2,1-3H3. The van der Waals surface area contributed by atoms with Crippen LogP contribution in [0.1, 0.15) is 45.4 Å². The molecule has 0 radical (unpaired) electrons. The molecule has 0 bridgehead atoms. The highest BCUT2D eigenvalue weighted by molar-refractivity contribution is 5.77. The van der Waals surface area contributed by atoms with Crippen LogP contribution in [0.25, 0.3) is 0 Å².